The first-order valence-electron chi connectivity index (χ1n) is 11.1. The topological polar surface area (TPSA) is 121 Å². The first-order chi connectivity index (χ1) is 16.2. The predicted octanol–water partition coefficient (Wildman–Crippen LogP) is 2.14. The van der Waals surface area contributed by atoms with Crippen molar-refractivity contribution < 1.29 is 4.74 Å². The van der Waals surface area contributed by atoms with Crippen LogP contribution in [0, 0.1) is 0 Å². The quantitative estimate of drug-likeness (QED) is 0.426. The van der Waals surface area contributed by atoms with Crippen molar-refractivity contribution in [3.05, 3.63) is 49.1 Å². The highest BCUT2D eigenvalue weighted by atomic mass is 16.5. The Hall–Kier alpha value is -3.76. The Morgan fingerprint density at radius 3 is 2.42 bits per heavy atom. The van der Waals surface area contributed by atoms with E-state index in [0.29, 0.717) is 0 Å². The number of ether oxygens (including phenoxy) is 1. The molecule has 6 rings (SSSR count). The zero-order chi connectivity index (χ0) is 22.2. The van der Waals surface area contributed by atoms with Gasteiger partial charge in [0.15, 0.2) is 0 Å². The molecule has 2 saturated heterocycles. The fourth-order valence-corrected chi connectivity index (χ4v) is 4.23. The van der Waals surface area contributed by atoms with Crippen molar-refractivity contribution in [1.29, 1.82) is 0 Å². The number of H-pyrrole nitrogens is 1. The zero-order valence-corrected chi connectivity index (χ0v) is 18.1. The van der Waals surface area contributed by atoms with Gasteiger partial charge in [-0.3, -0.25) is 0 Å². The van der Waals surface area contributed by atoms with E-state index in [9.17, 15) is 0 Å². The molecule has 0 amide bonds. The fourth-order valence-electron chi connectivity index (χ4n) is 4.23. The van der Waals surface area contributed by atoms with Crippen molar-refractivity contribution in [2.75, 3.05) is 54.5 Å². The minimum Gasteiger partial charge on any atom is -0.378 e. The van der Waals surface area contributed by atoms with E-state index in [1.807, 2.05) is 12.1 Å². The van der Waals surface area contributed by atoms with Gasteiger partial charge in [-0.1, -0.05) is 12.1 Å². The Morgan fingerprint density at radius 2 is 1.70 bits per heavy atom. The normalized spacial score (nSPS) is 16.8. The number of nitrogens with two attached hydrogens (primary N) is 1. The summed E-state index contributed by atoms with van der Waals surface area (Å²) < 4.78 is 5.48. The molecule has 2 aliphatic rings. The second-order valence-electron chi connectivity index (χ2n) is 8.38. The van der Waals surface area contributed by atoms with Gasteiger partial charge < -0.3 is 30.6 Å². The van der Waals surface area contributed by atoms with Crippen molar-refractivity contribution in [3.8, 4) is 11.3 Å². The van der Waals surface area contributed by atoms with Gasteiger partial charge in [0.05, 0.1) is 36.7 Å². The van der Waals surface area contributed by atoms with Crippen molar-refractivity contribution in [2.45, 2.75) is 6.04 Å². The average molecular weight is 444 g/mol. The number of morpholine rings is 1. The Kier molecular flexibility index (Phi) is 5.00. The number of benzene rings is 1. The molecule has 0 aliphatic carbocycles. The number of aromatic nitrogens is 5. The zero-order valence-electron chi connectivity index (χ0n) is 18.1. The monoisotopic (exact) mass is 443 g/mol. The summed E-state index contributed by atoms with van der Waals surface area (Å²) in [6, 6.07) is 10.6. The summed E-state index contributed by atoms with van der Waals surface area (Å²) in [4.78, 5) is 25.6. The summed E-state index contributed by atoms with van der Waals surface area (Å²) in [6.07, 6.45) is 5.21. The largest absolute Gasteiger partial charge is 0.378 e. The number of nitrogens with one attached hydrogen (secondary N) is 2. The van der Waals surface area contributed by atoms with E-state index in [4.69, 9.17) is 10.5 Å². The molecule has 0 atom stereocenters. The van der Waals surface area contributed by atoms with E-state index in [2.05, 4.69) is 58.2 Å². The van der Waals surface area contributed by atoms with Gasteiger partial charge in [0.1, 0.15) is 17.8 Å². The summed E-state index contributed by atoms with van der Waals surface area (Å²) in [5, 5.41) is 4.38. The Labute approximate surface area is 190 Å². The van der Waals surface area contributed by atoms with Gasteiger partial charge in [0.2, 0.25) is 5.95 Å². The smallest absolute Gasteiger partial charge is 0.225 e. The molecule has 33 heavy (non-hydrogen) atoms. The SMILES string of the molecule is NC1CN(c2ncc(Nc3ccc(-c4cc5c(N6CCOCC6)ncnc5[nH]4)cc3)cn2)C1. The van der Waals surface area contributed by atoms with Crippen molar-refractivity contribution in [2.24, 2.45) is 5.73 Å². The molecule has 10 heteroatoms. The lowest BCUT2D eigenvalue weighted by molar-refractivity contribution is 0.122. The van der Waals surface area contributed by atoms with E-state index in [-0.39, 0.29) is 6.04 Å². The number of hydrogen-bond acceptors (Lipinski definition) is 9. The third-order valence-electron chi connectivity index (χ3n) is 6.03. The number of fused-ring (bicyclic) bond motifs is 1. The van der Waals surface area contributed by atoms with Crippen molar-refractivity contribution >= 4 is 34.2 Å². The van der Waals surface area contributed by atoms with Crippen LogP contribution in [0.3, 0.4) is 0 Å². The van der Waals surface area contributed by atoms with Crippen LogP contribution in [0.1, 0.15) is 0 Å². The minimum absolute atomic E-state index is 0.222. The summed E-state index contributed by atoms with van der Waals surface area (Å²) in [5.74, 6) is 1.67. The molecule has 4 aromatic rings. The van der Waals surface area contributed by atoms with Crippen LogP contribution in [0.5, 0.6) is 0 Å². The molecule has 168 valence electrons. The maximum absolute atomic E-state index is 5.83. The third kappa shape index (κ3) is 3.94. The first kappa shape index (κ1) is 19.9. The Bertz CT molecular complexity index is 1240. The first-order valence-corrected chi connectivity index (χ1v) is 11.1. The lowest BCUT2D eigenvalue weighted by Gasteiger charge is -2.36. The van der Waals surface area contributed by atoms with Gasteiger partial charge in [0, 0.05) is 43.6 Å². The van der Waals surface area contributed by atoms with Gasteiger partial charge in [-0.25, -0.2) is 19.9 Å². The highest BCUT2D eigenvalue weighted by molar-refractivity contribution is 5.92. The second-order valence-corrected chi connectivity index (χ2v) is 8.38. The van der Waals surface area contributed by atoms with Gasteiger partial charge >= 0.3 is 0 Å². The maximum Gasteiger partial charge on any atom is 0.225 e. The molecule has 0 radical (unpaired) electrons. The molecule has 10 nitrogen and oxygen atoms in total. The fraction of sp³-hybridized carbons (Fsp3) is 0.304. The molecule has 0 spiro atoms. The van der Waals surface area contributed by atoms with Crippen LogP contribution in [-0.2, 0) is 4.74 Å². The summed E-state index contributed by atoms with van der Waals surface area (Å²) in [6.45, 7) is 4.73. The summed E-state index contributed by atoms with van der Waals surface area (Å²) in [5.41, 5.74) is 10.6. The van der Waals surface area contributed by atoms with Crippen molar-refractivity contribution in [3.63, 3.8) is 0 Å². The standard InChI is InChI=1S/C23H25N9O/c24-16-12-32(13-16)23-25-10-18(11-26-23)29-17-3-1-15(2-4-17)20-9-19-21(30-20)27-14-28-22(19)31-5-7-33-8-6-31/h1-4,9-11,14,16,29H,5-8,12-13,24H2,(H,27,28,30). The van der Waals surface area contributed by atoms with E-state index in [1.165, 1.54) is 0 Å². The number of nitrogens with zero attached hydrogens (tertiary/aromatic N) is 6. The van der Waals surface area contributed by atoms with Crippen molar-refractivity contribution in [1.82, 2.24) is 24.9 Å². The molecule has 5 heterocycles. The molecule has 0 bridgehead atoms. The molecule has 1 aromatic carbocycles. The van der Waals surface area contributed by atoms with Crippen LogP contribution in [-0.4, -0.2) is 70.4 Å². The summed E-state index contributed by atoms with van der Waals surface area (Å²) in [7, 11) is 0. The predicted molar refractivity (Wildman–Crippen MR) is 128 cm³/mol. The molecular formula is C23H25N9O. The molecule has 2 aliphatic heterocycles. The number of rotatable bonds is 5. The minimum atomic E-state index is 0.222. The van der Waals surface area contributed by atoms with Gasteiger partial charge in [-0.2, -0.15) is 0 Å². The molecule has 0 saturated carbocycles. The molecule has 4 N–H and O–H groups in total. The maximum atomic E-state index is 5.83. The molecule has 2 fully saturated rings. The third-order valence-corrected chi connectivity index (χ3v) is 6.03. The molecular weight excluding hydrogens is 418 g/mol. The molecule has 0 unspecified atom stereocenters. The van der Waals surface area contributed by atoms with Crippen LogP contribution in [0.4, 0.5) is 23.1 Å². The molecule has 3 aromatic heterocycles. The highest BCUT2D eigenvalue weighted by Gasteiger charge is 2.25. The van der Waals surface area contributed by atoms with Gasteiger partial charge in [-0.15, -0.1) is 0 Å². The lowest BCUT2D eigenvalue weighted by atomic mass is 10.1. The van der Waals surface area contributed by atoms with E-state index in [0.717, 1.165) is 84.8 Å². The number of aromatic amines is 1. The van der Waals surface area contributed by atoms with E-state index >= 15 is 0 Å². The van der Waals surface area contributed by atoms with Crippen LogP contribution in [0.2, 0.25) is 0 Å². The highest BCUT2D eigenvalue weighted by Crippen LogP contribution is 2.30. The Balaban J connectivity index is 1.18. The van der Waals surface area contributed by atoms with Gasteiger partial charge in [-0.05, 0) is 23.8 Å². The van der Waals surface area contributed by atoms with Gasteiger partial charge in [0.25, 0.3) is 0 Å². The Morgan fingerprint density at radius 1 is 0.939 bits per heavy atom. The van der Waals surface area contributed by atoms with Crippen LogP contribution < -0.4 is 20.9 Å². The van der Waals surface area contributed by atoms with E-state index < -0.39 is 0 Å². The lowest BCUT2D eigenvalue weighted by Crippen LogP contribution is -2.56. The number of hydrogen-bond donors (Lipinski definition) is 3. The second kappa shape index (κ2) is 8.30. The van der Waals surface area contributed by atoms with Crippen LogP contribution in [0.25, 0.3) is 22.3 Å². The average Bonchev–Trinajstić information content (AvgIpc) is 3.28. The van der Waals surface area contributed by atoms with Crippen LogP contribution >= 0.6 is 0 Å². The number of anilines is 4. The van der Waals surface area contributed by atoms with Crippen LogP contribution in [0.15, 0.2) is 49.1 Å². The van der Waals surface area contributed by atoms with E-state index in [1.54, 1.807) is 18.7 Å². The summed E-state index contributed by atoms with van der Waals surface area (Å²) >= 11 is 0.